The molecule has 20 heavy (non-hydrogen) atoms. The second-order valence-electron chi connectivity index (χ2n) is 5.43. The van der Waals surface area contributed by atoms with Crippen LogP contribution in [0.1, 0.15) is 65.1 Å². The van der Waals surface area contributed by atoms with Gasteiger partial charge in [0.25, 0.3) is 0 Å². The summed E-state index contributed by atoms with van der Waals surface area (Å²) in [5, 5.41) is 3.36. The maximum Gasteiger partial charge on any atom is 0.137 e. The second-order valence-corrected chi connectivity index (χ2v) is 5.43. The molecule has 2 unspecified atom stereocenters. The van der Waals surface area contributed by atoms with Gasteiger partial charge in [-0.15, -0.1) is 0 Å². The molecule has 0 aliphatic heterocycles. The monoisotopic (exact) mass is 278 g/mol. The van der Waals surface area contributed by atoms with Crippen molar-refractivity contribution >= 4 is 0 Å². The predicted molar refractivity (Wildman–Crippen MR) is 85.1 cm³/mol. The van der Waals surface area contributed by atoms with Crippen LogP contribution in [0.2, 0.25) is 0 Å². The van der Waals surface area contributed by atoms with Gasteiger partial charge in [0.15, 0.2) is 0 Å². The number of nitrogens with one attached hydrogen (secondary N) is 1. The van der Waals surface area contributed by atoms with Gasteiger partial charge in [-0.3, -0.25) is 4.98 Å². The van der Waals surface area contributed by atoms with Gasteiger partial charge in [-0.05, 0) is 37.9 Å². The Morgan fingerprint density at radius 2 is 2.05 bits per heavy atom. The molecule has 0 bridgehead atoms. The molecule has 3 heteroatoms. The largest absolute Gasteiger partial charge is 0.492 e. The first kappa shape index (κ1) is 17.0. The Morgan fingerprint density at radius 1 is 1.25 bits per heavy atom. The Kier molecular flexibility index (Phi) is 8.28. The van der Waals surface area contributed by atoms with Crippen LogP contribution in [-0.2, 0) is 0 Å². The Hall–Kier alpha value is -1.09. The van der Waals surface area contributed by atoms with Gasteiger partial charge in [-0.1, -0.05) is 40.0 Å². The third-order valence-corrected chi connectivity index (χ3v) is 3.74. The molecule has 1 rings (SSSR count). The molecule has 1 N–H and O–H groups in total. The number of nitrogens with zero attached hydrogens (tertiary/aromatic N) is 1. The lowest BCUT2D eigenvalue weighted by Crippen LogP contribution is -2.18. The lowest BCUT2D eigenvalue weighted by molar-refractivity contribution is 0.232. The molecular formula is C17H30N2O. The molecule has 2 atom stereocenters. The summed E-state index contributed by atoms with van der Waals surface area (Å²) < 4.78 is 5.87. The van der Waals surface area contributed by atoms with Gasteiger partial charge in [-0.25, -0.2) is 0 Å². The maximum absolute atomic E-state index is 5.87. The molecule has 0 aliphatic carbocycles. The molecule has 114 valence electrons. The number of unbranched alkanes of at least 4 members (excludes halogenated alkanes) is 1. The van der Waals surface area contributed by atoms with E-state index < -0.39 is 0 Å². The molecule has 0 radical (unpaired) electrons. The van der Waals surface area contributed by atoms with Crippen molar-refractivity contribution in [1.82, 2.24) is 10.3 Å². The van der Waals surface area contributed by atoms with E-state index in [9.17, 15) is 0 Å². The number of hydrogen-bond acceptors (Lipinski definition) is 3. The van der Waals surface area contributed by atoms with E-state index in [1.165, 1.54) is 25.7 Å². The highest BCUT2D eigenvalue weighted by atomic mass is 16.5. The van der Waals surface area contributed by atoms with E-state index in [1.54, 1.807) is 0 Å². The van der Waals surface area contributed by atoms with Crippen molar-refractivity contribution in [2.45, 2.75) is 59.4 Å². The summed E-state index contributed by atoms with van der Waals surface area (Å²) in [6, 6.07) is 4.38. The van der Waals surface area contributed by atoms with Crippen molar-refractivity contribution in [3.63, 3.8) is 0 Å². The van der Waals surface area contributed by atoms with Crippen LogP contribution in [0.25, 0.3) is 0 Å². The van der Waals surface area contributed by atoms with Gasteiger partial charge < -0.3 is 10.1 Å². The summed E-state index contributed by atoms with van der Waals surface area (Å²) in [5.74, 6) is 1.54. The molecule has 0 aliphatic rings. The third kappa shape index (κ3) is 5.91. The lowest BCUT2D eigenvalue weighted by atomic mass is 10.0. The van der Waals surface area contributed by atoms with Crippen molar-refractivity contribution in [2.75, 3.05) is 13.2 Å². The minimum absolute atomic E-state index is 0.294. The van der Waals surface area contributed by atoms with Crippen molar-refractivity contribution in [1.29, 1.82) is 0 Å². The van der Waals surface area contributed by atoms with Crippen LogP contribution < -0.4 is 10.1 Å². The average Bonchev–Trinajstić information content (AvgIpc) is 2.48. The summed E-state index contributed by atoms with van der Waals surface area (Å²) in [4.78, 5) is 4.48. The van der Waals surface area contributed by atoms with Gasteiger partial charge in [0, 0.05) is 6.04 Å². The van der Waals surface area contributed by atoms with E-state index in [1.807, 2.05) is 12.3 Å². The number of ether oxygens (including phenoxy) is 1. The summed E-state index contributed by atoms with van der Waals surface area (Å²) >= 11 is 0. The zero-order valence-electron chi connectivity index (χ0n) is 13.5. The van der Waals surface area contributed by atoms with E-state index in [0.717, 1.165) is 24.6 Å². The Balaban J connectivity index is 2.44. The van der Waals surface area contributed by atoms with E-state index in [2.05, 4.69) is 44.1 Å². The summed E-state index contributed by atoms with van der Waals surface area (Å²) in [7, 11) is 0. The minimum atomic E-state index is 0.294. The zero-order chi connectivity index (χ0) is 14.8. The van der Waals surface area contributed by atoms with Crippen molar-refractivity contribution in [3.05, 3.63) is 24.0 Å². The minimum Gasteiger partial charge on any atom is -0.492 e. The molecule has 0 amide bonds. The van der Waals surface area contributed by atoms with Crippen LogP contribution in [0, 0.1) is 5.92 Å². The molecular weight excluding hydrogens is 248 g/mol. The van der Waals surface area contributed by atoms with Crippen molar-refractivity contribution in [3.8, 4) is 5.75 Å². The molecule has 0 saturated carbocycles. The third-order valence-electron chi connectivity index (χ3n) is 3.74. The van der Waals surface area contributed by atoms with Crippen LogP contribution in [0.15, 0.2) is 18.3 Å². The van der Waals surface area contributed by atoms with Gasteiger partial charge in [0.05, 0.1) is 18.5 Å². The van der Waals surface area contributed by atoms with Crippen LogP contribution in [0.4, 0.5) is 0 Å². The first-order valence-corrected chi connectivity index (χ1v) is 8.03. The van der Waals surface area contributed by atoms with Gasteiger partial charge in [-0.2, -0.15) is 0 Å². The molecule has 0 saturated heterocycles. The van der Waals surface area contributed by atoms with E-state index in [-0.39, 0.29) is 0 Å². The van der Waals surface area contributed by atoms with E-state index >= 15 is 0 Å². The van der Waals surface area contributed by atoms with Gasteiger partial charge >= 0.3 is 0 Å². The quantitative estimate of drug-likeness (QED) is 0.691. The standard InChI is InChI=1S/C17H30N2O/c1-5-8-9-15(6-2)13-20-16-10-11-17(19-12-16)14(4)18-7-3/h10-12,14-15,18H,5-9,13H2,1-4H3. The Labute approximate surface area is 124 Å². The Bertz CT molecular complexity index is 351. The van der Waals surface area contributed by atoms with Gasteiger partial charge in [0.2, 0.25) is 0 Å². The fraction of sp³-hybridized carbons (Fsp3) is 0.706. The van der Waals surface area contributed by atoms with E-state index in [0.29, 0.717) is 12.0 Å². The number of aromatic nitrogens is 1. The summed E-state index contributed by atoms with van der Waals surface area (Å²) in [6.45, 7) is 10.5. The fourth-order valence-corrected chi connectivity index (χ4v) is 2.26. The molecule has 0 spiro atoms. The van der Waals surface area contributed by atoms with Crippen LogP contribution >= 0.6 is 0 Å². The zero-order valence-corrected chi connectivity index (χ0v) is 13.5. The first-order chi connectivity index (χ1) is 9.71. The van der Waals surface area contributed by atoms with Crippen LogP contribution in [0.3, 0.4) is 0 Å². The maximum atomic E-state index is 5.87. The van der Waals surface area contributed by atoms with Crippen LogP contribution in [0.5, 0.6) is 5.75 Å². The first-order valence-electron chi connectivity index (χ1n) is 8.03. The number of pyridine rings is 1. The topological polar surface area (TPSA) is 34.1 Å². The average molecular weight is 278 g/mol. The molecule has 1 heterocycles. The smallest absolute Gasteiger partial charge is 0.137 e. The second kappa shape index (κ2) is 9.76. The van der Waals surface area contributed by atoms with Crippen LogP contribution in [-0.4, -0.2) is 18.1 Å². The number of hydrogen-bond donors (Lipinski definition) is 1. The molecule has 0 fully saturated rings. The predicted octanol–water partition coefficient (Wildman–Crippen LogP) is 4.35. The normalized spacial score (nSPS) is 14.0. The van der Waals surface area contributed by atoms with E-state index in [4.69, 9.17) is 4.74 Å². The molecule has 1 aromatic rings. The highest BCUT2D eigenvalue weighted by Crippen LogP contribution is 2.17. The molecule has 1 aromatic heterocycles. The highest BCUT2D eigenvalue weighted by Gasteiger charge is 2.08. The molecule has 0 aromatic carbocycles. The SMILES string of the molecule is CCCCC(CC)COc1ccc(C(C)NCC)nc1. The summed E-state index contributed by atoms with van der Waals surface area (Å²) in [5.41, 5.74) is 1.07. The lowest BCUT2D eigenvalue weighted by Gasteiger charge is -2.16. The fourth-order valence-electron chi connectivity index (χ4n) is 2.26. The number of rotatable bonds is 10. The summed E-state index contributed by atoms with van der Waals surface area (Å²) in [6.07, 6.45) is 6.84. The van der Waals surface area contributed by atoms with Crippen molar-refractivity contribution < 1.29 is 4.74 Å². The molecule has 3 nitrogen and oxygen atoms in total. The highest BCUT2D eigenvalue weighted by molar-refractivity contribution is 5.21. The Morgan fingerprint density at radius 3 is 2.60 bits per heavy atom. The van der Waals surface area contributed by atoms with Crippen molar-refractivity contribution in [2.24, 2.45) is 5.92 Å². The van der Waals surface area contributed by atoms with Gasteiger partial charge in [0.1, 0.15) is 5.75 Å².